The zero-order valence-corrected chi connectivity index (χ0v) is 17.2. The van der Waals surface area contributed by atoms with Crippen molar-refractivity contribution in [2.24, 2.45) is 11.8 Å². The number of Topliss-reactive ketones (excluding diaryl/α,β-unsaturated/α-hetero) is 1. The standard InChI is InChI=1S/C22H38N2O3/c1-15(25)17-4-3-5-19(14-17)24-22(26)16-6-10-20(11-7-16)27-21-12-8-18(23-2)9-13-21/h16-21,23H,3-14H2,1-2H3,(H,24,26). The Bertz CT molecular complexity index is 494. The van der Waals surface area contributed by atoms with Gasteiger partial charge < -0.3 is 15.4 Å². The van der Waals surface area contributed by atoms with Crippen LogP contribution in [0.2, 0.25) is 0 Å². The lowest BCUT2D eigenvalue weighted by Crippen LogP contribution is -2.43. The van der Waals surface area contributed by atoms with Crippen LogP contribution in [0, 0.1) is 11.8 Å². The SMILES string of the molecule is CNC1CCC(OC2CCC(C(=O)NC3CCCC(C(C)=O)C3)CC2)CC1. The molecule has 0 spiro atoms. The second-order valence-corrected chi connectivity index (χ2v) is 9.05. The van der Waals surface area contributed by atoms with Crippen LogP contribution >= 0.6 is 0 Å². The summed E-state index contributed by atoms with van der Waals surface area (Å²) in [7, 11) is 2.05. The van der Waals surface area contributed by atoms with Crippen molar-refractivity contribution >= 4 is 11.7 Å². The zero-order chi connectivity index (χ0) is 19.2. The molecule has 3 saturated carbocycles. The summed E-state index contributed by atoms with van der Waals surface area (Å²) >= 11 is 0. The number of ketones is 1. The second-order valence-electron chi connectivity index (χ2n) is 9.05. The highest BCUT2D eigenvalue weighted by molar-refractivity contribution is 5.80. The third-order valence-electron chi connectivity index (χ3n) is 7.11. The molecule has 3 aliphatic rings. The Hall–Kier alpha value is -0.940. The lowest BCUT2D eigenvalue weighted by Gasteiger charge is -2.35. The van der Waals surface area contributed by atoms with Gasteiger partial charge in [0.05, 0.1) is 12.2 Å². The average Bonchev–Trinajstić information content (AvgIpc) is 2.69. The highest BCUT2D eigenvalue weighted by Gasteiger charge is 2.32. The van der Waals surface area contributed by atoms with Crippen LogP contribution in [0.5, 0.6) is 0 Å². The van der Waals surface area contributed by atoms with Gasteiger partial charge in [0.25, 0.3) is 0 Å². The molecule has 5 nitrogen and oxygen atoms in total. The summed E-state index contributed by atoms with van der Waals surface area (Å²) in [5.74, 6) is 0.751. The van der Waals surface area contributed by atoms with E-state index >= 15 is 0 Å². The fourth-order valence-electron chi connectivity index (χ4n) is 5.23. The average molecular weight is 379 g/mol. The van der Waals surface area contributed by atoms with Crippen molar-refractivity contribution in [3.63, 3.8) is 0 Å². The molecule has 0 aliphatic heterocycles. The predicted molar refractivity (Wildman–Crippen MR) is 107 cm³/mol. The van der Waals surface area contributed by atoms with Crippen LogP contribution in [0.4, 0.5) is 0 Å². The van der Waals surface area contributed by atoms with E-state index < -0.39 is 0 Å². The van der Waals surface area contributed by atoms with E-state index in [2.05, 4.69) is 10.6 Å². The van der Waals surface area contributed by atoms with Gasteiger partial charge in [0, 0.05) is 23.9 Å². The summed E-state index contributed by atoms with van der Waals surface area (Å²) in [5, 5.41) is 6.61. The first kappa shape index (κ1) is 20.8. The fraction of sp³-hybridized carbons (Fsp3) is 0.909. The van der Waals surface area contributed by atoms with Gasteiger partial charge in [-0.25, -0.2) is 0 Å². The molecule has 3 rings (SSSR count). The molecular formula is C22H38N2O3. The summed E-state index contributed by atoms with van der Waals surface area (Å²) in [6.45, 7) is 1.68. The largest absolute Gasteiger partial charge is 0.375 e. The smallest absolute Gasteiger partial charge is 0.223 e. The minimum Gasteiger partial charge on any atom is -0.375 e. The highest BCUT2D eigenvalue weighted by atomic mass is 16.5. The molecule has 3 aliphatic carbocycles. The Labute approximate surface area is 164 Å². The Balaban J connectivity index is 1.36. The third-order valence-corrected chi connectivity index (χ3v) is 7.11. The van der Waals surface area contributed by atoms with Crippen LogP contribution in [0.3, 0.4) is 0 Å². The van der Waals surface area contributed by atoms with E-state index in [4.69, 9.17) is 4.74 Å². The Morgan fingerprint density at radius 2 is 1.41 bits per heavy atom. The molecule has 0 bridgehead atoms. The number of ether oxygens (including phenoxy) is 1. The number of carbonyl (C=O) groups excluding carboxylic acids is 2. The normalized spacial score (nSPS) is 37.6. The maximum absolute atomic E-state index is 12.7. The second kappa shape index (κ2) is 10.0. The number of hydrogen-bond acceptors (Lipinski definition) is 4. The molecule has 2 N–H and O–H groups in total. The summed E-state index contributed by atoms with van der Waals surface area (Å²) in [6, 6.07) is 0.850. The van der Waals surface area contributed by atoms with Gasteiger partial charge in [0.15, 0.2) is 0 Å². The van der Waals surface area contributed by atoms with Crippen LogP contribution in [0.15, 0.2) is 0 Å². The van der Waals surface area contributed by atoms with Crippen LogP contribution in [-0.4, -0.2) is 43.0 Å². The first-order valence-corrected chi connectivity index (χ1v) is 11.2. The Morgan fingerprint density at radius 1 is 0.778 bits per heavy atom. The number of nitrogens with one attached hydrogen (secondary N) is 2. The molecule has 0 aromatic heterocycles. The molecule has 0 aromatic rings. The van der Waals surface area contributed by atoms with Crippen molar-refractivity contribution in [1.82, 2.24) is 10.6 Å². The van der Waals surface area contributed by atoms with Gasteiger partial charge in [0.1, 0.15) is 5.78 Å². The van der Waals surface area contributed by atoms with Gasteiger partial charge in [0.2, 0.25) is 5.91 Å². The Kier molecular flexibility index (Phi) is 7.71. The number of amides is 1. The van der Waals surface area contributed by atoms with E-state index in [9.17, 15) is 9.59 Å². The molecule has 3 fully saturated rings. The van der Waals surface area contributed by atoms with E-state index in [1.54, 1.807) is 6.92 Å². The van der Waals surface area contributed by atoms with Crippen molar-refractivity contribution in [2.75, 3.05) is 7.05 Å². The monoisotopic (exact) mass is 378 g/mol. The first-order chi connectivity index (χ1) is 13.0. The van der Waals surface area contributed by atoms with Gasteiger partial charge >= 0.3 is 0 Å². The molecule has 0 heterocycles. The molecule has 0 saturated heterocycles. The maximum atomic E-state index is 12.7. The molecule has 1 amide bonds. The van der Waals surface area contributed by atoms with Gasteiger partial charge in [-0.1, -0.05) is 6.42 Å². The van der Waals surface area contributed by atoms with E-state index in [0.29, 0.717) is 18.2 Å². The molecule has 0 aromatic carbocycles. The summed E-state index contributed by atoms with van der Waals surface area (Å²) < 4.78 is 6.35. The lowest BCUT2D eigenvalue weighted by molar-refractivity contribution is -0.130. The van der Waals surface area contributed by atoms with Gasteiger partial charge in [-0.05, 0) is 84.6 Å². The van der Waals surface area contributed by atoms with E-state index in [0.717, 1.165) is 64.2 Å². The topological polar surface area (TPSA) is 67.4 Å². The van der Waals surface area contributed by atoms with Crippen LogP contribution < -0.4 is 10.6 Å². The summed E-state index contributed by atoms with van der Waals surface area (Å²) in [6.07, 6.45) is 13.2. The van der Waals surface area contributed by atoms with Crippen molar-refractivity contribution in [2.45, 2.75) is 108 Å². The minimum atomic E-state index is 0.127. The van der Waals surface area contributed by atoms with Crippen molar-refractivity contribution < 1.29 is 14.3 Å². The predicted octanol–water partition coefficient (Wildman–Crippen LogP) is 3.36. The number of hydrogen-bond donors (Lipinski definition) is 2. The van der Waals surface area contributed by atoms with Crippen molar-refractivity contribution in [3.8, 4) is 0 Å². The van der Waals surface area contributed by atoms with E-state index in [-0.39, 0.29) is 29.6 Å². The highest BCUT2D eigenvalue weighted by Crippen LogP contribution is 2.31. The third kappa shape index (κ3) is 6.02. The molecular weight excluding hydrogens is 340 g/mol. The fourth-order valence-corrected chi connectivity index (χ4v) is 5.23. The summed E-state index contributed by atoms with van der Waals surface area (Å²) in [4.78, 5) is 24.3. The Morgan fingerprint density at radius 3 is 2.00 bits per heavy atom. The van der Waals surface area contributed by atoms with Crippen LogP contribution in [0.25, 0.3) is 0 Å². The quantitative estimate of drug-likeness (QED) is 0.744. The summed E-state index contributed by atoms with van der Waals surface area (Å²) in [5.41, 5.74) is 0. The number of rotatable bonds is 6. The molecule has 27 heavy (non-hydrogen) atoms. The molecule has 2 unspecified atom stereocenters. The van der Waals surface area contributed by atoms with Gasteiger partial charge in [-0.3, -0.25) is 9.59 Å². The van der Waals surface area contributed by atoms with Crippen molar-refractivity contribution in [1.29, 1.82) is 0 Å². The number of carbonyl (C=O) groups is 2. The lowest BCUT2D eigenvalue weighted by atomic mass is 9.82. The minimum absolute atomic E-state index is 0.127. The van der Waals surface area contributed by atoms with Crippen LogP contribution in [-0.2, 0) is 14.3 Å². The molecule has 154 valence electrons. The van der Waals surface area contributed by atoms with Gasteiger partial charge in [-0.15, -0.1) is 0 Å². The molecule has 0 radical (unpaired) electrons. The first-order valence-electron chi connectivity index (χ1n) is 11.2. The van der Waals surface area contributed by atoms with E-state index in [1.807, 2.05) is 7.05 Å². The maximum Gasteiger partial charge on any atom is 0.223 e. The zero-order valence-electron chi connectivity index (χ0n) is 17.2. The molecule has 5 heteroatoms. The van der Waals surface area contributed by atoms with Crippen molar-refractivity contribution in [3.05, 3.63) is 0 Å². The van der Waals surface area contributed by atoms with Gasteiger partial charge in [-0.2, -0.15) is 0 Å². The molecule has 2 atom stereocenters. The van der Waals surface area contributed by atoms with Crippen LogP contribution in [0.1, 0.15) is 84.0 Å². The van der Waals surface area contributed by atoms with E-state index in [1.165, 1.54) is 12.8 Å².